The number of hydrogen-bond donors (Lipinski definition) is 0. The Morgan fingerprint density at radius 2 is 1.77 bits per heavy atom. The molecule has 0 heterocycles. The Morgan fingerprint density at radius 3 is 2.58 bits per heavy atom. The lowest BCUT2D eigenvalue weighted by Gasteiger charge is -2.10. The fourth-order valence-electron chi connectivity index (χ4n) is 3.03. The number of hydrogen-bond acceptors (Lipinski definition) is 4. The van der Waals surface area contributed by atoms with Crippen LogP contribution >= 0.6 is 11.8 Å². The maximum Gasteiger partial charge on any atom is 0.157 e. The molecule has 2 rings (SSSR count). The fourth-order valence-corrected chi connectivity index (χ4v) is 4.24. The van der Waals surface area contributed by atoms with Gasteiger partial charge in [-0.1, -0.05) is 61.4 Å². The van der Waals surface area contributed by atoms with E-state index in [1.165, 1.54) is 11.8 Å². The molecule has 0 spiro atoms. The van der Waals surface area contributed by atoms with Crippen molar-refractivity contribution < 1.29 is 14.4 Å². The van der Waals surface area contributed by atoms with Crippen molar-refractivity contribution in [2.45, 2.75) is 50.2 Å². The predicted molar refractivity (Wildman–Crippen MR) is 108 cm³/mol. The van der Waals surface area contributed by atoms with Crippen molar-refractivity contribution in [3.8, 4) is 0 Å². The Hall–Kier alpha value is -1.94. The monoisotopic (exact) mass is 370 g/mol. The number of aldehydes is 1. The molecule has 0 amide bonds. The number of Topliss-reactive ketones (excluding diaryl/α,β-unsaturated/α-hetero) is 2. The molecular formula is C22H26O3S. The van der Waals surface area contributed by atoms with E-state index in [1.54, 1.807) is 0 Å². The van der Waals surface area contributed by atoms with E-state index in [9.17, 15) is 14.4 Å². The highest BCUT2D eigenvalue weighted by Gasteiger charge is 2.40. The van der Waals surface area contributed by atoms with Crippen LogP contribution in [0.1, 0.15) is 44.9 Å². The lowest BCUT2D eigenvalue weighted by Crippen LogP contribution is -2.18. The summed E-state index contributed by atoms with van der Waals surface area (Å²) < 4.78 is 0. The number of carbonyl (C=O) groups is 3. The molecule has 2 aliphatic rings. The van der Waals surface area contributed by atoms with Crippen LogP contribution in [0.5, 0.6) is 0 Å². The first-order valence-electron chi connectivity index (χ1n) is 9.26. The van der Waals surface area contributed by atoms with Crippen LogP contribution in [-0.4, -0.2) is 23.1 Å². The molecule has 0 saturated heterocycles. The van der Waals surface area contributed by atoms with E-state index in [0.717, 1.165) is 36.9 Å². The van der Waals surface area contributed by atoms with Gasteiger partial charge in [-0.05, 0) is 25.3 Å². The standard InChI is InChI=1S/C22H26O3S/c23-16-12-8-7-11-15-19-20(24)17-21(22(19)25)26-18-13-9-5-3-1-2-4-6-10-14-18/h1-6,9,13-14,16,19,21H,7-8,10-12,15,17H2/b2-1-,5-3-,6-4-,13-9-,18-14+. The summed E-state index contributed by atoms with van der Waals surface area (Å²) in [5, 5.41) is -0.269. The first kappa shape index (κ1) is 20.4. The van der Waals surface area contributed by atoms with Crippen LogP contribution < -0.4 is 0 Å². The molecule has 0 aromatic rings. The molecule has 0 radical (unpaired) electrons. The summed E-state index contributed by atoms with van der Waals surface area (Å²) in [6, 6.07) is 0. The van der Waals surface area contributed by atoms with Gasteiger partial charge < -0.3 is 4.79 Å². The molecule has 3 nitrogen and oxygen atoms in total. The van der Waals surface area contributed by atoms with Gasteiger partial charge in [0, 0.05) is 17.7 Å². The van der Waals surface area contributed by atoms with E-state index in [0.29, 0.717) is 19.3 Å². The van der Waals surface area contributed by atoms with Crippen LogP contribution in [0.2, 0.25) is 0 Å². The Morgan fingerprint density at radius 1 is 1.00 bits per heavy atom. The van der Waals surface area contributed by atoms with Crippen LogP contribution in [0.15, 0.2) is 59.6 Å². The number of allylic oxidation sites excluding steroid dienone is 9. The van der Waals surface area contributed by atoms with E-state index in [-0.39, 0.29) is 16.8 Å². The molecular weight excluding hydrogens is 344 g/mol. The molecule has 0 aromatic heterocycles. The van der Waals surface area contributed by atoms with Crippen LogP contribution in [0, 0.1) is 5.92 Å². The molecule has 0 bridgehead atoms. The largest absolute Gasteiger partial charge is 0.303 e. The molecule has 1 fully saturated rings. The molecule has 26 heavy (non-hydrogen) atoms. The van der Waals surface area contributed by atoms with Crippen molar-refractivity contribution in [3.05, 3.63) is 59.6 Å². The third-order valence-electron chi connectivity index (χ3n) is 4.44. The molecule has 2 atom stereocenters. The van der Waals surface area contributed by atoms with Gasteiger partial charge in [0.15, 0.2) is 5.78 Å². The van der Waals surface area contributed by atoms with E-state index in [4.69, 9.17) is 0 Å². The molecule has 0 aliphatic heterocycles. The number of ketones is 2. The van der Waals surface area contributed by atoms with Crippen LogP contribution in [0.4, 0.5) is 0 Å². The first-order valence-corrected chi connectivity index (χ1v) is 10.1. The van der Waals surface area contributed by atoms with Crippen LogP contribution in [0.25, 0.3) is 0 Å². The molecule has 1 saturated carbocycles. The van der Waals surface area contributed by atoms with Crippen molar-refractivity contribution in [2.24, 2.45) is 5.92 Å². The summed E-state index contributed by atoms with van der Waals surface area (Å²) in [4.78, 5) is 36.3. The van der Waals surface area contributed by atoms with E-state index in [1.807, 2.05) is 42.5 Å². The van der Waals surface area contributed by atoms with Crippen molar-refractivity contribution in [1.29, 1.82) is 0 Å². The molecule has 2 aliphatic carbocycles. The smallest absolute Gasteiger partial charge is 0.157 e. The molecule has 0 N–H and O–H groups in total. The van der Waals surface area contributed by atoms with Gasteiger partial charge in [0.25, 0.3) is 0 Å². The molecule has 138 valence electrons. The molecule has 4 heteroatoms. The van der Waals surface area contributed by atoms with E-state index in [2.05, 4.69) is 12.2 Å². The minimum absolute atomic E-state index is 0.0757. The van der Waals surface area contributed by atoms with Gasteiger partial charge >= 0.3 is 0 Å². The van der Waals surface area contributed by atoms with Gasteiger partial charge in [0.1, 0.15) is 12.1 Å². The second-order valence-electron chi connectivity index (χ2n) is 6.44. The van der Waals surface area contributed by atoms with Gasteiger partial charge in [-0.15, -0.1) is 11.8 Å². The normalized spacial score (nSPS) is 30.1. The number of unbranched alkanes of at least 4 members (excludes halogenated alkanes) is 3. The van der Waals surface area contributed by atoms with Crippen LogP contribution in [-0.2, 0) is 14.4 Å². The minimum Gasteiger partial charge on any atom is -0.303 e. The zero-order valence-electron chi connectivity index (χ0n) is 15.0. The average molecular weight is 371 g/mol. The van der Waals surface area contributed by atoms with Crippen molar-refractivity contribution in [2.75, 3.05) is 0 Å². The van der Waals surface area contributed by atoms with Gasteiger partial charge in [-0.3, -0.25) is 9.59 Å². The summed E-state index contributed by atoms with van der Waals surface area (Å²) >= 11 is 1.51. The summed E-state index contributed by atoms with van der Waals surface area (Å²) in [5.41, 5.74) is 0. The Bertz CT molecular complexity index is 652. The number of carbonyl (C=O) groups excluding carboxylic acids is 3. The van der Waals surface area contributed by atoms with Crippen molar-refractivity contribution >= 4 is 29.6 Å². The quantitative estimate of drug-likeness (QED) is 0.346. The second kappa shape index (κ2) is 11.6. The third kappa shape index (κ3) is 6.75. The van der Waals surface area contributed by atoms with Crippen LogP contribution in [0.3, 0.4) is 0 Å². The Kier molecular flexibility index (Phi) is 9.11. The predicted octanol–water partition coefficient (Wildman–Crippen LogP) is 4.91. The topological polar surface area (TPSA) is 51.2 Å². The first-order chi connectivity index (χ1) is 12.7. The van der Waals surface area contributed by atoms with Gasteiger partial charge in [-0.2, -0.15) is 0 Å². The Balaban J connectivity index is 1.92. The maximum atomic E-state index is 12.7. The highest BCUT2D eigenvalue weighted by atomic mass is 32.2. The second-order valence-corrected chi connectivity index (χ2v) is 7.71. The van der Waals surface area contributed by atoms with E-state index >= 15 is 0 Å². The van der Waals surface area contributed by atoms with Crippen molar-refractivity contribution in [1.82, 2.24) is 0 Å². The minimum atomic E-state index is -0.444. The van der Waals surface area contributed by atoms with E-state index < -0.39 is 5.92 Å². The third-order valence-corrected chi connectivity index (χ3v) is 5.69. The molecule has 2 unspecified atom stereocenters. The number of thioether (sulfide) groups is 1. The summed E-state index contributed by atoms with van der Waals surface area (Å²) in [5.74, 6) is -0.292. The van der Waals surface area contributed by atoms with Gasteiger partial charge in [0.05, 0.1) is 11.2 Å². The molecule has 0 aromatic carbocycles. The van der Waals surface area contributed by atoms with Crippen molar-refractivity contribution in [3.63, 3.8) is 0 Å². The number of rotatable bonds is 8. The fraction of sp³-hybridized carbons (Fsp3) is 0.409. The van der Waals surface area contributed by atoms with Gasteiger partial charge in [0.2, 0.25) is 0 Å². The average Bonchev–Trinajstić information content (AvgIpc) is 2.87. The summed E-state index contributed by atoms with van der Waals surface area (Å²) in [6.07, 6.45) is 23.8. The highest BCUT2D eigenvalue weighted by molar-refractivity contribution is 8.04. The lowest BCUT2D eigenvalue weighted by atomic mass is 9.98. The SMILES string of the molecule is O=CCCCCCC1C(=O)CC(SC2=C/C\C=C/C=C\C=C/C=C\2)C1=O. The zero-order chi connectivity index (χ0) is 18.6. The Labute approximate surface area is 160 Å². The maximum absolute atomic E-state index is 12.7. The zero-order valence-corrected chi connectivity index (χ0v) is 15.8. The van der Waals surface area contributed by atoms with Gasteiger partial charge in [-0.25, -0.2) is 0 Å². The summed E-state index contributed by atoms with van der Waals surface area (Å²) in [7, 11) is 0. The lowest BCUT2D eigenvalue weighted by molar-refractivity contribution is -0.127. The summed E-state index contributed by atoms with van der Waals surface area (Å²) in [6.45, 7) is 0. The highest BCUT2D eigenvalue weighted by Crippen LogP contribution is 2.36.